The van der Waals surface area contributed by atoms with E-state index in [1.165, 1.54) is 22.9 Å². The quantitative estimate of drug-likeness (QED) is 0.639. The van der Waals surface area contributed by atoms with Gasteiger partial charge in [0.05, 0.1) is 29.0 Å². The highest BCUT2D eigenvalue weighted by molar-refractivity contribution is 7.91. The molecule has 1 amide bonds. The first-order valence-corrected chi connectivity index (χ1v) is 11.7. The molecule has 0 bridgehead atoms. The van der Waals surface area contributed by atoms with Crippen LogP contribution in [0.15, 0.2) is 35.5 Å². The molecule has 1 fully saturated rings. The second kappa shape index (κ2) is 8.69. The van der Waals surface area contributed by atoms with E-state index in [1.54, 1.807) is 19.1 Å². The molecule has 4 rings (SSSR count). The number of carbonyl (C=O) groups excluding carboxylic acids is 2. The molecule has 0 radical (unpaired) electrons. The van der Waals surface area contributed by atoms with Crippen LogP contribution in [0.25, 0.3) is 0 Å². The van der Waals surface area contributed by atoms with Crippen LogP contribution in [0.3, 0.4) is 0 Å². The van der Waals surface area contributed by atoms with Crippen LogP contribution >= 0.6 is 0 Å². The maximum atomic E-state index is 13.4. The predicted molar refractivity (Wildman–Crippen MR) is 111 cm³/mol. The van der Waals surface area contributed by atoms with Crippen LogP contribution < -0.4 is 5.32 Å². The van der Waals surface area contributed by atoms with Crippen LogP contribution in [0.2, 0.25) is 0 Å². The van der Waals surface area contributed by atoms with Crippen molar-refractivity contribution >= 4 is 33.2 Å². The Morgan fingerprint density at radius 1 is 1.34 bits per heavy atom. The van der Waals surface area contributed by atoms with Gasteiger partial charge in [0.15, 0.2) is 16.4 Å². The molecule has 12 heteroatoms. The van der Waals surface area contributed by atoms with Crippen molar-refractivity contribution in [1.29, 1.82) is 0 Å². The predicted octanol–water partition coefficient (Wildman–Crippen LogP) is 1.37. The summed E-state index contributed by atoms with van der Waals surface area (Å²) < 4.78 is 43.4. The lowest BCUT2D eigenvalue weighted by Gasteiger charge is -2.14. The van der Waals surface area contributed by atoms with Gasteiger partial charge in [-0.2, -0.15) is 5.10 Å². The van der Waals surface area contributed by atoms with Gasteiger partial charge in [-0.15, -0.1) is 0 Å². The SMILES string of the molecule is Cc1cc(NC(=O)COC(=O)C2CC(c3cccc(F)c3)=NO2)n(C2CCS(=O)(=O)C2)n1. The number of hydrogen-bond acceptors (Lipinski definition) is 8. The molecule has 2 aliphatic heterocycles. The van der Waals surface area contributed by atoms with Crippen molar-refractivity contribution in [2.24, 2.45) is 5.16 Å². The Labute approximate surface area is 183 Å². The summed E-state index contributed by atoms with van der Waals surface area (Å²) in [6.45, 7) is 1.16. The van der Waals surface area contributed by atoms with Crippen molar-refractivity contribution in [3.8, 4) is 0 Å². The first kappa shape index (κ1) is 21.9. The number of halogens is 1. The van der Waals surface area contributed by atoms with Crippen LogP contribution in [0.1, 0.15) is 30.1 Å². The van der Waals surface area contributed by atoms with Crippen molar-refractivity contribution in [2.75, 3.05) is 23.4 Å². The smallest absolute Gasteiger partial charge is 0.351 e. The molecule has 2 unspecified atom stereocenters. The maximum Gasteiger partial charge on any atom is 0.351 e. The molecule has 3 heterocycles. The molecule has 1 aromatic carbocycles. The summed E-state index contributed by atoms with van der Waals surface area (Å²) in [6, 6.07) is 7.00. The topological polar surface area (TPSA) is 129 Å². The van der Waals surface area contributed by atoms with Gasteiger partial charge in [-0.1, -0.05) is 17.3 Å². The Hall–Kier alpha value is -3.28. The third-order valence-electron chi connectivity index (χ3n) is 5.11. The van der Waals surface area contributed by atoms with E-state index in [1.807, 2.05) is 0 Å². The van der Waals surface area contributed by atoms with Crippen molar-refractivity contribution in [2.45, 2.75) is 31.9 Å². The lowest BCUT2D eigenvalue weighted by molar-refractivity contribution is -0.157. The van der Waals surface area contributed by atoms with E-state index >= 15 is 0 Å². The third kappa shape index (κ3) is 4.96. The summed E-state index contributed by atoms with van der Waals surface area (Å²) in [6.07, 6.45) is -0.530. The van der Waals surface area contributed by atoms with Gasteiger partial charge in [0, 0.05) is 18.1 Å². The Kier molecular flexibility index (Phi) is 5.96. The van der Waals surface area contributed by atoms with Gasteiger partial charge in [0.2, 0.25) is 6.10 Å². The normalized spacial score (nSPS) is 21.6. The molecule has 2 atom stereocenters. The van der Waals surface area contributed by atoms with Gasteiger partial charge in [-0.25, -0.2) is 22.3 Å². The molecule has 0 spiro atoms. The summed E-state index contributed by atoms with van der Waals surface area (Å²) in [5.74, 6) is -1.45. The molecule has 32 heavy (non-hydrogen) atoms. The number of nitrogens with one attached hydrogen (secondary N) is 1. The summed E-state index contributed by atoms with van der Waals surface area (Å²) in [4.78, 5) is 29.6. The van der Waals surface area contributed by atoms with E-state index in [0.29, 0.717) is 29.2 Å². The highest BCUT2D eigenvalue weighted by atomic mass is 32.2. The fraction of sp³-hybridized carbons (Fsp3) is 0.400. The van der Waals surface area contributed by atoms with Crippen molar-refractivity contribution in [3.05, 3.63) is 47.4 Å². The molecule has 2 aliphatic rings. The van der Waals surface area contributed by atoms with Gasteiger partial charge < -0.3 is 14.9 Å². The van der Waals surface area contributed by atoms with Gasteiger partial charge in [-0.05, 0) is 25.5 Å². The van der Waals surface area contributed by atoms with E-state index in [4.69, 9.17) is 9.57 Å². The molecule has 2 aromatic rings. The number of aryl methyl sites for hydroxylation is 1. The van der Waals surface area contributed by atoms with E-state index in [9.17, 15) is 22.4 Å². The number of nitrogens with zero attached hydrogens (tertiary/aromatic N) is 3. The van der Waals surface area contributed by atoms with Gasteiger partial charge >= 0.3 is 5.97 Å². The second-order valence-electron chi connectivity index (χ2n) is 7.67. The number of aromatic nitrogens is 2. The lowest BCUT2D eigenvalue weighted by Crippen LogP contribution is -2.29. The highest BCUT2D eigenvalue weighted by Gasteiger charge is 2.32. The Morgan fingerprint density at radius 3 is 2.88 bits per heavy atom. The summed E-state index contributed by atoms with van der Waals surface area (Å²) in [7, 11) is -3.13. The van der Waals surface area contributed by atoms with Crippen LogP contribution in [-0.2, 0) is 29.0 Å². The molecule has 1 saturated heterocycles. The minimum absolute atomic E-state index is 0.0430. The average Bonchev–Trinajstić information content (AvgIpc) is 3.44. The molecule has 170 valence electrons. The highest BCUT2D eigenvalue weighted by Crippen LogP contribution is 2.27. The van der Waals surface area contributed by atoms with E-state index in [-0.39, 0.29) is 24.0 Å². The molecular weight excluding hydrogens is 443 g/mol. The summed E-state index contributed by atoms with van der Waals surface area (Å²) in [5.41, 5.74) is 1.51. The van der Waals surface area contributed by atoms with Crippen molar-refractivity contribution in [3.63, 3.8) is 0 Å². The van der Waals surface area contributed by atoms with E-state index in [2.05, 4.69) is 15.6 Å². The Morgan fingerprint density at radius 2 is 2.16 bits per heavy atom. The Bertz CT molecular complexity index is 1190. The molecular formula is C20H21FN4O6S. The van der Waals surface area contributed by atoms with Gasteiger partial charge in [0.1, 0.15) is 11.6 Å². The zero-order valence-electron chi connectivity index (χ0n) is 17.2. The largest absolute Gasteiger partial charge is 0.453 e. The first-order chi connectivity index (χ1) is 15.2. The number of sulfone groups is 1. The minimum Gasteiger partial charge on any atom is -0.453 e. The number of hydrogen-bond donors (Lipinski definition) is 1. The molecule has 10 nitrogen and oxygen atoms in total. The summed E-state index contributed by atoms with van der Waals surface area (Å²) >= 11 is 0. The van der Waals surface area contributed by atoms with E-state index < -0.39 is 40.2 Å². The fourth-order valence-corrected chi connectivity index (χ4v) is 5.30. The number of esters is 1. The van der Waals surface area contributed by atoms with Crippen LogP contribution in [-0.4, -0.2) is 60.0 Å². The minimum atomic E-state index is -3.13. The monoisotopic (exact) mass is 464 g/mol. The standard InChI is InChI=1S/C20H21FN4O6S/c1-12-7-18(25(23-12)15-5-6-32(28,29)11-15)22-19(26)10-30-20(27)17-9-16(24-31-17)13-3-2-4-14(21)8-13/h2-4,7-8,15,17H,5-6,9-11H2,1H3,(H,22,26). The molecule has 1 N–H and O–H groups in total. The van der Waals surface area contributed by atoms with Crippen LogP contribution in [0.5, 0.6) is 0 Å². The van der Waals surface area contributed by atoms with Gasteiger partial charge in [0.25, 0.3) is 5.91 Å². The van der Waals surface area contributed by atoms with E-state index in [0.717, 1.165) is 0 Å². The number of amides is 1. The molecule has 1 aromatic heterocycles. The third-order valence-corrected chi connectivity index (χ3v) is 6.87. The summed E-state index contributed by atoms with van der Waals surface area (Å²) in [5, 5.41) is 10.7. The first-order valence-electron chi connectivity index (χ1n) is 9.92. The average molecular weight is 464 g/mol. The van der Waals surface area contributed by atoms with Crippen molar-refractivity contribution in [1.82, 2.24) is 9.78 Å². The number of rotatable bonds is 6. The number of oxime groups is 1. The number of benzene rings is 1. The van der Waals surface area contributed by atoms with Crippen LogP contribution in [0.4, 0.5) is 10.2 Å². The second-order valence-corrected chi connectivity index (χ2v) is 9.90. The maximum absolute atomic E-state index is 13.4. The number of ether oxygens (including phenoxy) is 1. The Balaban J connectivity index is 1.30. The number of anilines is 1. The van der Waals surface area contributed by atoms with Crippen LogP contribution in [0, 0.1) is 12.7 Å². The van der Waals surface area contributed by atoms with Gasteiger partial charge in [-0.3, -0.25) is 4.79 Å². The molecule has 0 saturated carbocycles. The lowest BCUT2D eigenvalue weighted by atomic mass is 10.1. The molecule has 0 aliphatic carbocycles. The number of carbonyl (C=O) groups is 2. The fourth-order valence-electron chi connectivity index (χ4n) is 3.61. The van der Waals surface area contributed by atoms with Crippen molar-refractivity contribution < 1.29 is 32.0 Å². The zero-order valence-corrected chi connectivity index (χ0v) is 18.0. The zero-order chi connectivity index (χ0) is 22.9.